The fraction of sp³-hybridized carbons (Fsp3) is 0.500. The summed E-state index contributed by atoms with van der Waals surface area (Å²) in [6, 6.07) is 4.66. The van der Waals surface area contributed by atoms with Gasteiger partial charge in [-0.15, -0.1) is 11.6 Å². The van der Waals surface area contributed by atoms with Crippen LogP contribution in [0.1, 0.15) is 24.5 Å². The van der Waals surface area contributed by atoms with Crippen molar-refractivity contribution in [2.45, 2.75) is 25.3 Å². The maximum Gasteiger partial charge on any atom is 0.127 e. The van der Waals surface area contributed by atoms with Crippen LogP contribution in [0.15, 0.2) is 18.2 Å². The molecule has 2 aromatic rings. The van der Waals surface area contributed by atoms with Gasteiger partial charge in [0.15, 0.2) is 0 Å². The van der Waals surface area contributed by atoms with Crippen LogP contribution < -0.4 is 0 Å². The van der Waals surface area contributed by atoms with Gasteiger partial charge in [0.05, 0.1) is 23.0 Å². The van der Waals surface area contributed by atoms with E-state index in [4.69, 9.17) is 16.3 Å². The van der Waals surface area contributed by atoms with E-state index < -0.39 is 0 Å². The number of nitrogens with zero attached hydrogens (tertiary/aromatic N) is 2. The van der Waals surface area contributed by atoms with Crippen LogP contribution in [0.4, 0.5) is 4.39 Å². The molecule has 5 heteroatoms. The zero-order valence-corrected chi connectivity index (χ0v) is 11.5. The Hall–Kier alpha value is -1.13. The molecule has 2 atom stereocenters. The Bertz CT molecular complexity index is 590. The number of imidazole rings is 1. The van der Waals surface area contributed by atoms with Crippen molar-refractivity contribution in [2.75, 3.05) is 13.2 Å². The van der Waals surface area contributed by atoms with Crippen LogP contribution in [-0.4, -0.2) is 22.8 Å². The van der Waals surface area contributed by atoms with E-state index in [1.165, 1.54) is 12.1 Å². The van der Waals surface area contributed by atoms with Crippen molar-refractivity contribution in [3.05, 3.63) is 29.8 Å². The van der Waals surface area contributed by atoms with Gasteiger partial charge in [0.1, 0.15) is 11.6 Å². The van der Waals surface area contributed by atoms with Gasteiger partial charge in [0.25, 0.3) is 0 Å². The minimum atomic E-state index is -0.245. The van der Waals surface area contributed by atoms with Gasteiger partial charge in [-0.2, -0.15) is 0 Å². The van der Waals surface area contributed by atoms with E-state index in [1.54, 1.807) is 6.07 Å². The van der Waals surface area contributed by atoms with Crippen molar-refractivity contribution in [3.63, 3.8) is 0 Å². The smallest absolute Gasteiger partial charge is 0.127 e. The lowest BCUT2D eigenvalue weighted by Crippen LogP contribution is -2.13. The molecule has 1 aromatic carbocycles. The fourth-order valence-corrected chi connectivity index (χ4v) is 2.76. The van der Waals surface area contributed by atoms with Gasteiger partial charge in [-0.05, 0) is 31.5 Å². The third-order valence-corrected chi connectivity index (χ3v) is 3.76. The maximum atomic E-state index is 13.4. The van der Waals surface area contributed by atoms with Crippen LogP contribution in [0.2, 0.25) is 0 Å². The van der Waals surface area contributed by atoms with Gasteiger partial charge in [-0.25, -0.2) is 9.37 Å². The topological polar surface area (TPSA) is 27.1 Å². The molecule has 3 nitrogen and oxygen atoms in total. The van der Waals surface area contributed by atoms with Crippen LogP contribution >= 0.6 is 11.6 Å². The molecular weight excluding hydrogens is 267 g/mol. The lowest BCUT2D eigenvalue weighted by molar-refractivity contribution is 0.182. The van der Waals surface area contributed by atoms with E-state index >= 15 is 0 Å². The molecule has 102 valence electrons. The SMILES string of the molecule is CC(Cl)c1nc2ccc(F)cc2n1CC1CCOC1. The summed E-state index contributed by atoms with van der Waals surface area (Å²) < 4.78 is 20.9. The van der Waals surface area contributed by atoms with Crippen LogP contribution in [0.5, 0.6) is 0 Å². The van der Waals surface area contributed by atoms with Crippen molar-refractivity contribution in [1.29, 1.82) is 0 Å². The predicted octanol–water partition coefficient (Wildman–Crippen LogP) is 3.51. The maximum absolute atomic E-state index is 13.4. The molecule has 1 aliphatic heterocycles. The Balaban J connectivity index is 2.06. The fourth-order valence-electron chi connectivity index (χ4n) is 2.60. The minimum absolute atomic E-state index is 0.196. The zero-order valence-electron chi connectivity index (χ0n) is 10.8. The molecule has 1 saturated heterocycles. The van der Waals surface area contributed by atoms with Crippen molar-refractivity contribution in [1.82, 2.24) is 9.55 Å². The van der Waals surface area contributed by atoms with Crippen molar-refractivity contribution in [3.8, 4) is 0 Å². The Morgan fingerprint density at radius 3 is 3.11 bits per heavy atom. The van der Waals surface area contributed by atoms with Crippen molar-refractivity contribution in [2.24, 2.45) is 5.92 Å². The predicted molar refractivity (Wildman–Crippen MR) is 72.9 cm³/mol. The second kappa shape index (κ2) is 5.10. The standard InChI is InChI=1S/C14H16ClFN2O/c1-9(15)14-17-12-3-2-11(16)6-13(12)18(14)7-10-4-5-19-8-10/h2-3,6,9-10H,4-5,7-8H2,1H3. The van der Waals surface area contributed by atoms with Gasteiger partial charge in [-0.1, -0.05) is 0 Å². The first kappa shape index (κ1) is 12.9. The summed E-state index contributed by atoms with van der Waals surface area (Å²) in [5.41, 5.74) is 1.61. The van der Waals surface area contributed by atoms with E-state index in [-0.39, 0.29) is 11.2 Å². The highest BCUT2D eigenvalue weighted by molar-refractivity contribution is 6.20. The summed E-state index contributed by atoms with van der Waals surface area (Å²) in [7, 11) is 0. The quantitative estimate of drug-likeness (QED) is 0.806. The molecule has 0 radical (unpaired) electrons. The first-order chi connectivity index (χ1) is 9.15. The summed E-state index contributed by atoms with van der Waals surface area (Å²) in [6.45, 7) is 4.23. The number of halogens is 2. The van der Waals surface area contributed by atoms with E-state index in [0.717, 1.165) is 43.0 Å². The highest BCUT2D eigenvalue weighted by atomic mass is 35.5. The lowest BCUT2D eigenvalue weighted by Gasteiger charge is -2.14. The number of hydrogen-bond donors (Lipinski definition) is 0. The summed E-state index contributed by atoms with van der Waals surface area (Å²) in [5, 5.41) is -0.196. The molecule has 1 aromatic heterocycles. The first-order valence-corrected chi connectivity index (χ1v) is 6.96. The number of rotatable bonds is 3. The third kappa shape index (κ3) is 2.47. The minimum Gasteiger partial charge on any atom is -0.381 e. The molecule has 19 heavy (non-hydrogen) atoms. The van der Waals surface area contributed by atoms with E-state index in [0.29, 0.717) is 5.92 Å². The molecular formula is C14H16ClFN2O. The first-order valence-electron chi connectivity index (χ1n) is 6.52. The molecule has 0 amide bonds. The van der Waals surface area contributed by atoms with Crippen LogP contribution in [0.3, 0.4) is 0 Å². The van der Waals surface area contributed by atoms with Gasteiger partial charge in [0, 0.05) is 19.1 Å². The largest absolute Gasteiger partial charge is 0.381 e. The Morgan fingerprint density at radius 2 is 2.42 bits per heavy atom. The van der Waals surface area contributed by atoms with Gasteiger partial charge in [0.2, 0.25) is 0 Å². The number of benzene rings is 1. The molecule has 0 bridgehead atoms. The summed E-state index contributed by atoms with van der Waals surface area (Å²) >= 11 is 6.20. The Labute approximate surface area is 116 Å². The Kier molecular flexibility index (Phi) is 3.46. The van der Waals surface area contributed by atoms with E-state index in [9.17, 15) is 4.39 Å². The molecule has 2 heterocycles. The molecule has 0 N–H and O–H groups in total. The zero-order chi connectivity index (χ0) is 13.4. The van der Waals surface area contributed by atoms with E-state index in [1.807, 2.05) is 11.5 Å². The van der Waals surface area contributed by atoms with Crippen molar-refractivity contribution >= 4 is 22.6 Å². The number of ether oxygens (including phenoxy) is 1. The molecule has 0 aliphatic carbocycles. The average Bonchev–Trinajstić information content (AvgIpc) is 2.98. The van der Waals surface area contributed by atoms with Gasteiger partial charge >= 0.3 is 0 Å². The molecule has 1 fully saturated rings. The Morgan fingerprint density at radius 1 is 1.58 bits per heavy atom. The van der Waals surface area contributed by atoms with Gasteiger partial charge in [-0.3, -0.25) is 0 Å². The average molecular weight is 283 g/mol. The van der Waals surface area contributed by atoms with Crippen molar-refractivity contribution < 1.29 is 9.13 Å². The van der Waals surface area contributed by atoms with Crippen LogP contribution in [0.25, 0.3) is 11.0 Å². The normalized spacial score (nSPS) is 21.1. The second-order valence-electron chi connectivity index (χ2n) is 5.06. The summed E-state index contributed by atoms with van der Waals surface area (Å²) in [4.78, 5) is 4.52. The molecule has 0 saturated carbocycles. The molecule has 0 spiro atoms. The number of alkyl halides is 1. The monoisotopic (exact) mass is 282 g/mol. The number of hydrogen-bond acceptors (Lipinski definition) is 2. The van der Waals surface area contributed by atoms with Gasteiger partial charge < -0.3 is 9.30 Å². The number of aromatic nitrogens is 2. The molecule has 3 rings (SSSR count). The summed E-state index contributed by atoms with van der Waals surface area (Å²) in [6.07, 6.45) is 1.03. The lowest BCUT2D eigenvalue weighted by atomic mass is 10.1. The third-order valence-electron chi connectivity index (χ3n) is 3.56. The molecule has 1 aliphatic rings. The van der Waals surface area contributed by atoms with Crippen LogP contribution in [-0.2, 0) is 11.3 Å². The highest BCUT2D eigenvalue weighted by Gasteiger charge is 2.21. The highest BCUT2D eigenvalue weighted by Crippen LogP contribution is 2.27. The van der Waals surface area contributed by atoms with E-state index in [2.05, 4.69) is 4.98 Å². The summed E-state index contributed by atoms with van der Waals surface area (Å²) in [5.74, 6) is 1.01. The molecule has 2 unspecified atom stereocenters. The number of fused-ring (bicyclic) bond motifs is 1. The van der Waals surface area contributed by atoms with Crippen LogP contribution in [0, 0.1) is 11.7 Å². The second-order valence-corrected chi connectivity index (χ2v) is 5.71.